The van der Waals surface area contributed by atoms with Crippen LogP contribution < -0.4 is 18.1 Å². The summed E-state index contributed by atoms with van der Waals surface area (Å²) in [4.78, 5) is 0. The van der Waals surface area contributed by atoms with Crippen molar-refractivity contribution in [3.63, 3.8) is 0 Å². The molecule has 0 fully saturated rings. The third-order valence-electron chi connectivity index (χ3n) is 2.64. The second kappa shape index (κ2) is 3.05. The Morgan fingerprint density at radius 1 is 0.529 bits per heavy atom. The van der Waals surface area contributed by atoms with Crippen molar-refractivity contribution in [3.8, 4) is 23.0 Å². The van der Waals surface area contributed by atoms with Gasteiger partial charge in [-0.15, -0.1) is 0 Å². The zero-order chi connectivity index (χ0) is 11.3. The monoisotopic (exact) mass is 248 g/mol. The molecule has 2 aliphatic heterocycles. The first-order valence-electron chi connectivity index (χ1n) is 5.29. The third kappa shape index (κ3) is 1.28. The molecule has 0 radical (unpaired) electrons. The van der Waals surface area contributed by atoms with Gasteiger partial charge in [-0.1, -0.05) is 0 Å². The molecule has 0 unspecified atom stereocenters. The van der Waals surface area contributed by atoms with Crippen molar-refractivity contribution < 1.29 is 18.1 Å². The van der Waals surface area contributed by atoms with Crippen molar-refractivity contribution in [1.29, 1.82) is 0 Å². The van der Waals surface area contributed by atoms with Crippen molar-refractivity contribution >= 4 is 8.17 Å². The molecule has 0 aliphatic carbocycles. The van der Waals surface area contributed by atoms with Crippen LogP contribution in [0, 0.1) is 0 Å². The Morgan fingerprint density at radius 2 is 0.824 bits per heavy atom. The Morgan fingerprint density at radius 3 is 1.12 bits per heavy atom. The van der Waals surface area contributed by atoms with E-state index in [9.17, 15) is 0 Å². The zero-order valence-electron chi connectivity index (χ0n) is 8.75. The summed E-state index contributed by atoms with van der Waals surface area (Å²) >= 11 is 0. The quantitative estimate of drug-likeness (QED) is 0.670. The molecular formula is C12H9O4P. The Kier molecular flexibility index (Phi) is 1.64. The fourth-order valence-corrected chi connectivity index (χ4v) is 3.90. The molecule has 2 heterocycles. The molecule has 0 amide bonds. The third-order valence-corrected chi connectivity index (χ3v) is 4.52. The minimum atomic E-state index is -3.08. The maximum atomic E-state index is 5.71. The fourth-order valence-electron chi connectivity index (χ4n) is 1.90. The molecule has 86 valence electrons. The van der Waals surface area contributed by atoms with Gasteiger partial charge in [0, 0.05) is 0 Å². The van der Waals surface area contributed by atoms with Crippen LogP contribution in [0.2, 0.25) is 0 Å². The molecule has 4 nitrogen and oxygen atoms in total. The van der Waals surface area contributed by atoms with Crippen LogP contribution in [-0.4, -0.2) is 0 Å². The zero-order valence-corrected chi connectivity index (χ0v) is 9.75. The summed E-state index contributed by atoms with van der Waals surface area (Å²) < 4.78 is 22.8. The summed E-state index contributed by atoms with van der Waals surface area (Å²) in [5.74, 6) is 2.69. The molecule has 0 saturated heterocycles. The van der Waals surface area contributed by atoms with Gasteiger partial charge >= 0.3 is 97.8 Å². The van der Waals surface area contributed by atoms with Gasteiger partial charge in [-0.3, -0.25) is 0 Å². The standard InChI is InChI=1S/C12H9O4P/c1-2-6-10-9(5-1)13-17(14-10)15-11-7-3-4-8-12(11)16-17/h1-8,17H. The van der Waals surface area contributed by atoms with Gasteiger partial charge in [-0.05, 0) is 0 Å². The van der Waals surface area contributed by atoms with Gasteiger partial charge in [0.25, 0.3) is 0 Å². The topological polar surface area (TPSA) is 36.9 Å². The van der Waals surface area contributed by atoms with Crippen LogP contribution in [0.15, 0.2) is 48.5 Å². The van der Waals surface area contributed by atoms with Crippen molar-refractivity contribution in [2.75, 3.05) is 0 Å². The number of hydrogen-bond acceptors (Lipinski definition) is 4. The van der Waals surface area contributed by atoms with Gasteiger partial charge in [0.2, 0.25) is 0 Å². The van der Waals surface area contributed by atoms with Crippen molar-refractivity contribution in [2.24, 2.45) is 0 Å². The molecule has 0 aromatic heterocycles. The Hall–Kier alpha value is -1.93. The molecule has 0 atom stereocenters. The van der Waals surface area contributed by atoms with Crippen LogP contribution in [0.4, 0.5) is 0 Å². The van der Waals surface area contributed by atoms with Gasteiger partial charge in [0.1, 0.15) is 0 Å². The molecule has 5 heteroatoms. The molecule has 2 aliphatic rings. The van der Waals surface area contributed by atoms with Gasteiger partial charge in [0.15, 0.2) is 0 Å². The molecule has 17 heavy (non-hydrogen) atoms. The average molecular weight is 248 g/mol. The summed E-state index contributed by atoms with van der Waals surface area (Å²) in [6.07, 6.45) is 0. The van der Waals surface area contributed by atoms with Crippen LogP contribution in [0.25, 0.3) is 0 Å². The van der Waals surface area contributed by atoms with Crippen molar-refractivity contribution in [1.82, 2.24) is 0 Å². The van der Waals surface area contributed by atoms with Gasteiger partial charge in [-0.2, -0.15) is 0 Å². The van der Waals surface area contributed by atoms with E-state index in [-0.39, 0.29) is 0 Å². The number of rotatable bonds is 0. The van der Waals surface area contributed by atoms with E-state index in [1.165, 1.54) is 0 Å². The van der Waals surface area contributed by atoms with E-state index in [0.717, 1.165) is 0 Å². The molecule has 2 aromatic rings. The molecular weight excluding hydrogens is 239 g/mol. The molecule has 0 saturated carbocycles. The molecule has 1 spiro atoms. The Balaban J connectivity index is 1.72. The number of hydrogen-bond donors (Lipinski definition) is 0. The van der Waals surface area contributed by atoms with Crippen LogP contribution >= 0.6 is 8.17 Å². The van der Waals surface area contributed by atoms with Crippen LogP contribution in [0.1, 0.15) is 0 Å². The SMILES string of the molecule is c1ccc2c(c1)O[PH]1(O2)Oc2ccccc2O1. The Bertz CT molecular complexity index is 492. The minimum absolute atomic E-state index is 0.673. The predicted molar refractivity (Wildman–Crippen MR) is 63.7 cm³/mol. The fraction of sp³-hybridized carbons (Fsp3) is 0. The first kappa shape index (κ1) is 9.14. The van der Waals surface area contributed by atoms with Crippen molar-refractivity contribution in [3.05, 3.63) is 48.5 Å². The summed E-state index contributed by atoms with van der Waals surface area (Å²) in [7, 11) is -3.08. The summed E-state index contributed by atoms with van der Waals surface area (Å²) in [6.45, 7) is 0. The van der Waals surface area contributed by atoms with E-state index in [1.807, 2.05) is 48.5 Å². The van der Waals surface area contributed by atoms with E-state index in [4.69, 9.17) is 18.1 Å². The Labute approximate surface area is 98.4 Å². The van der Waals surface area contributed by atoms with Crippen LogP contribution in [0.3, 0.4) is 0 Å². The van der Waals surface area contributed by atoms with E-state index in [1.54, 1.807) is 0 Å². The molecule has 4 rings (SSSR count). The normalized spacial score (nSPS) is 19.3. The first-order chi connectivity index (χ1) is 8.35. The van der Waals surface area contributed by atoms with Gasteiger partial charge < -0.3 is 0 Å². The van der Waals surface area contributed by atoms with E-state index in [0.29, 0.717) is 23.0 Å². The number of para-hydroxylation sites is 4. The van der Waals surface area contributed by atoms with Crippen LogP contribution in [-0.2, 0) is 0 Å². The van der Waals surface area contributed by atoms with Crippen LogP contribution in [0.5, 0.6) is 23.0 Å². The second-order valence-electron chi connectivity index (χ2n) is 3.80. The molecule has 0 N–H and O–H groups in total. The van der Waals surface area contributed by atoms with Gasteiger partial charge in [-0.25, -0.2) is 0 Å². The second-order valence-corrected chi connectivity index (χ2v) is 5.62. The van der Waals surface area contributed by atoms with E-state index in [2.05, 4.69) is 0 Å². The summed E-state index contributed by atoms with van der Waals surface area (Å²) in [5.41, 5.74) is 0. The number of fused-ring (bicyclic) bond motifs is 2. The predicted octanol–water partition coefficient (Wildman–Crippen LogP) is 3.34. The molecule has 0 bridgehead atoms. The summed E-state index contributed by atoms with van der Waals surface area (Å²) in [5, 5.41) is 0. The van der Waals surface area contributed by atoms with Gasteiger partial charge in [0.05, 0.1) is 0 Å². The van der Waals surface area contributed by atoms with Crippen molar-refractivity contribution in [2.45, 2.75) is 0 Å². The average Bonchev–Trinajstić information content (AvgIpc) is 2.87. The number of benzene rings is 2. The van der Waals surface area contributed by atoms with E-state index >= 15 is 0 Å². The maximum absolute atomic E-state index is 5.71. The first-order valence-corrected chi connectivity index (χ1v) is 6.92. The summed E-state index contributed by atoms with van der Waals surface area (Å²) in [6, 6.07) is 14.9. The molecule has 2 aromatic carbocycles. The van der Waals surface area contributed by atoms with E-state index < -0.39 is 8.17 Å².